The molecule has 170 valence electrons. The maximum atomic E-state index is 12.7. The first-order valence-corrected chi connectivity index (χ1v) is 10.5. The van der Waals surface area contributed by atoms with E-state index >= 15 is 0 Å². The van der Waals surface area contributed by atoms with Gasteiger partial charge in [-0.1, -0.05) is 18.2 Å². The molecule has 1 N–H and O–H groups in total. The normalized spacial score (nSPS) is 18.5. The molecule has 4 rings (SSSR count). The van der Waals surface area contributed by atoms with Crippen LogP contribution in [-0.2, 0) is 10.9 Å². The number of hydrogen-bond acceptors (Lipinski definition) is 3. The van der Waals surface area contributed by atoms with Crippen molar-refractivity contribution < 1.29 is 27.5 Å². The lowest BCUT2D eigenvalue weighted by molar-refractivity contribution is -0.137. The van der Waals surface area contributed by atoms with Gasteiger partial charge in [0.2, 0.25) is 0 Å². The highest BCUT2D eigenvalue weighted by Crippen LogP contribution is 2.32. The van der Waals surface area contributed by atoms with Gasteiger partial charge >= 0.3 is 12.2 Å². The fourth-order valence-electron chi connectivity index (χ4n) is 4.15. The molecule has 0 atom stereocenters. The molecule has 2 aliphatic rings. The molecular formula is C23H24F3N3O3. The van der Waals surface area contributed by atoms with E-state index < -0.39 is 17.3 Å². The number of benzene rings is 2. The fourth-order valence-corrected chi connectivity index (χ4v) is 4.15. The number of nitrogens with zero attached hydrogens (tertiary/aromatic N) is 2. The van der Waals surface area contributed by atoms with Gasteiger partial charge in [-0.15, -0.1) is 0 Å². The highest BCUT2D eigenvalue weighted by atomic mass is 19.4. The van der Waals surface area contributed by atoms with E-state index in [1.807, 2.05) is 18.2 Å². The smallest absolute Gasteiger partial charge is 0.371 e. The van der Waals surface area contributed by atoms with Crippen molar-refractivity contribution in [3.8, 4) is 0 Å². The van der Waals surface area contributed by atoms with Crippen molar-refractivity contribution in [1.29, 1.82) is 0 Å². The van der Waals surface area contributed by atoms with Crippen molar-refractivity contribution in [1.82, 2.24) is 9.80 Å². The molecule has 0 bridgehead atoms. The number of piperidine rings is 1. The van der Waals surface area contributed by atoms with Crippen LogP contribution in [0.1, 0.15) is 28.8 Å². The summed E-state index contributed by atoms with van der Waals surface area (Å²) in [5.41, 5.74) is -0.349. The third-order valence-electron chi connectivity index (χ3n) is 5.98. The number of hydrogen-bond donors (Lipinski definition) is 1. The zero-order valence-corrected chi connectivity index (χ0v) is 17.4. The second-order valence-corrected chi connectivity index (χ2v) is 8.12. The average molecular weight is 447 g/mol. The van der Waals surface area contributed by atoms with Crippen molar-refractivity contribution in [2.45, 2.75) is 24.6 Å². The molecule has 6 nitrogen and oxygen atoms in total. The number of amides is 3. The topological polar surface area (TPSA) is 61.9 Å². The van der Waals surface area contributed by atoms with Crippen molar-refractivity contribution in [2.24, 2.45) is 0 Å². The SMILES string of the molecule is O=C(Nc1ccc(C(F)(F)F)cc1)N1CCOC2(CCN(C(=O)c3ccccc3)CC2)C1. The Labute approximate surface area is 183 Å². The predicted octanol–water partition coefficient (Wildman–Crippen LogP) is 4.24. The van der Waals surface area contributed by atoms with Crippen LogP contribution in [-0.4, -0.2) is 60.1 Å². The molecular weight excluding hydrogens is 423 g/mol. The number of urea groups is 1. The van der Waals surface area contributed by atoms with E-state index in [2.05, 4.69) is 5.32 Å². The Hall–Kier alpha value is -3.07. The van der Waals surface area contributed by atoms with E-state index in [1.165, 1.54) is 12.1 Å². The van der Waals surface area contributed by atoms with Crippen molar-refractivity contribution >= 4 is 17.6 Å². The Morgan fingerprint density at radius 1 is 0.906 bits per heavy atom. The van der Waals surface area contributed by atoms with Gasteiger partial charge in [-0.05, 0) is 49.2 Å². The summed E-state index contributed by atoms with van der Waals surface area (Å²) in [5, 5.41) is 2.66. The lowest BCUT2D eigenvalue weighted by Crippen LogP contribution is -2.59. The maximum Gasteiger partial charge on any atom is 0.416 e. The van der Waals surface area contributed by atoms with Crippen LogP contribution in [0.25, 0.3) is 0 Å². The van der Waals surface area contributed by atoms with Gasteiger partial charge in [0, 0.05) is 30.9 Å². The summed E-state index contributed by atoms with van der Waals surface area (Å²) >= 11 is 0. The number of carbonyl (C=O) groups excluding carboxylic acids is 2. The van der Waals surface area contributed by atoms with E-state index in [0.717, 1.165) is 12.1 Å². The van der Waals surface area contributed by atoms with E-state index in [1.54, 1.807) is 21.9 Å². The van der Waals surface area contributed by atoms with Crippen LogP contribution >= 0.6 is 0 Å². The number of alkyl halides is 3. The molecule has 2 aromatic rings. The Morgan fingerprint density at radius 3 is 2.19 bits per heavy atom. The lowest BCUT2D eigenvalue weighted by Gasteiger charge is -2.47. The minimum atomic E-state index is -4.42. The van der Waals surface area contributed by atoms with Crippen LogP contribution in [0, 0.1) is 0 Å². The quantitative estimate of drug-likeness (QED) is 0.749. The fraction of sp³-hybridized carbons (Fsp3) is 0.391. The maximum absolute atomic E-state index is 12.7. The van der Waals surface area contributed by atoms with Crippen LogP contribution in [0.15, 0.2) is 54.6 Å². The van der Waals surface area contributed by atoms with Crippen LogP contribution < -0.4 is 5.32 Å². The summed E-state index contributed by atoms with van der Waals surface area (Å²) in [5.74, 6) is -0.0202. The van der Waals surface area contributed by atoms with Gasteiger partial charge in [0.15, 0.2) is 0 Å². The highest BCUT2D eigenvalue weighted by molar-refractivity contribution is 5.94. The Balaban J connectivity index is 1.34. The predicted molar refractivity (Wildman–Crippen MR) is 112 cm³/mol. The molecule has 0 aliphatic carbocycles. The molecule has 0 saturated carbocycles. The molecule has 2 saturated heterocycles. The molecule has 0 aromatic heterocycles. The third-order valence-corrected chi connectivity index (χ3v) is 5.98. The van der Waals surface area contributed by atoms with Crippen LogP contribution in [0.5, 0.6) is 0 Å². The number of carbonyl (C=O) groups is 2. The van der Waals surface area contributed by atoms with E-state index in [0.29, 0.717) is 56.9 Å². The number of likely N-dealkylation sites (tertiary alicyclic amines) is 1. The van der Waals surface area contributed by atoms with Crippen LogP contribution in [0.4, 0.5) is 23.7 Å². The molecule has 0 radical (unpaired) electrons. The summed E-state index contributed by atoms with van der Waals surface area (Å²) < 4.78 is 44.2. The standard InChI is InChI=1S/C23H24F3N3O3/c24-23(25,26)18-6-8-19(9-7-18)27-21(31)29-14-15-32-22(16-29)10-12-28(13-11-22)20(30)17-4-2-1-3-5-17/h1-9H,10-16H2,(H,27,31). The number of morpholine rings is 1. The number of nitrogens with one attached hydrogen (secondary N) is 1. The van der Waals surface area contributed by atoms with E-state index in [-0.39, 0.29) is 11.9 Å². The van der Waals surface area contributed by atoms with Gasteiger partial charge in [-0.3, -0.25) is 4.79 Å². The summed E-state index contributed by atoms with van der Waals surface area (Å²) in [4.78, 5) is 28.8. The first-order valence-electron chi connectivity index (χ1n) is 10.5. The number of ether oxygens (including phenoxy) is 1. The van der Waals surface area contributed by atoms with Gasteiger partial charge in [-0.25, -0.2) is 4.79 Å². The molecule has 0 unspecified atom stereocenters. The molecule has 1 spiro atoms. The summed E-state index contributed by atoms with van der Waals surface area (Å²) in [6.07, 6.45) is -3.21. The van der Waals surface area contributed by atoms with Gasteiger partial charge in [-0.2, -0.15) is 13.2 Å². The highest BCUT2D eigenvalue weighted by Gasteiger charge is 2.42. The van der Waals surface area contributed by atoms with E-state index in [9.17, 15) is 22.8 Å². The minimum absolute atomic E-state index is 0.0202. The molecule has 32 heavy (non-hydrogen) atoms. The summed E-state index contributed by atoms with van der Waals surface area (Å²) in [7, 11) is 0. The number of rotatable bonds is 2. The zero-order valence-electron chi connectivity index (χ0n) is 17.4. The van der Waals surface area contributed by atoms with Crippen LogP contribution in [0.2, 0.25) is 0 Å². The van der Waals surface area contributed by atoms with Crippen LogP contribution in [0.3, 0.4) is 0 Å². The second-order valence-electron chi connectivity index (χ2n) is 8.12. The van der Waals surface area contributed by atoms with Gasteiger partial charge in [0.05, 0.1) is 24.3 Å². The van der Waals surface area contributed by atoms with Crippen molar-refractivity contribution in [3.05, 3.63) is 65.7 Å². The van der Waals surface area contributed by atoms with Gasteiger partial charge in [0.25, 0.3) is 5.91 Å². The molecule has 2 heterocycles. The minimum Gasteiger partial charge on any atom is -0.371 e. The van der Waals surface area contributed by atoms with Crippen molar-refractivity contribution in [3.63, 3.8) is 0 Å². The first-order chi connectivity index (χ1) is 15.3. The molecule has 2 fully saturated rings. The summed E-state index contributed by atoms with van der Waals surface area (Å²) in [6.45, 7) is 2.19. The lowest BCUT2D eigenvalue weighted by atomic mass is 9.89. The monoisotopic (exact) mass is 447 g/mol. The van der Waals surface area contributed by atoms with E-state index in [4.69, 9.17) is 4.74 Å². The molecule has 2 aromatic carbocycles. The van der Waals surface area contributed by atoms with Gasteiger partial charge in [0.1, 0.15) is 0 Å². The third kappa shape index (κ3) is 4.88. The molecule has 9 heteroatoms. The molecule has 2 aliphatic heterocycles. The Kier molecular flexibility index (Phi) is 6.10. The first kappa shape index (κ1) is 22.1. The molecule has 3 amide bonds. The van der Waals surface area contributed by atoms with Crippen molar-refractivity contribution in [2.75, 3.05) is 38.1 Å². The average Bonchev–Trinajstić information content (AvgIpc) is 2.79. The Bertz CT molecular complexity index is 956. The second kappa shape index (κ2) is 8.82. The summed E-state index contributed by atoms with van der Waals surface area (Å²) in [6, 6.07) is 13.1. The number of halogens is 3. The zero-order chi connectivity index (χ0) is 22.8. The number of anilines is 1. The largest absolute Gasteiger partial charge is 0.416 e. The van der Waals surface area contributed by atoms with Gasteiger partial charge < -0.3 is 19.9 Å². The Morgan fingerprint density at radius 2 is 1.56 bits per heavy atom.